The third-order valence-electron chi connectivity index (χ3n) is 6.69. The van der Waals surface area contributed by atoms with Gasteiger partial charge in [-0.25, -0.2) is 18.0 Å². The number of benzene rings is 2. The Hall–Kier alpha value is -4.00. The molecule has 3 aromatic rings. The van der Waals surface area contributed by atoms with Crippen molar-refractivity contribution in [2.24, 2.45) is 11.5 Å². The fourth-order valence-corrected chi connectivity index (χ4v) is 4.59. The van der Waals surface area contributed by atoms with Crippen molar-refractivity contribution in [1.82, 2.24) is 10.3 Å². The van der Waals surface area contributed by atoms with Gasteiger partial charge in [-0.1, -0.05) is 24.3 Å². The number of hydrogen-bond donors (Lipinski definition) is 4. The first-order chi connectivity index (χ1) is 19.2. The third kappa shape index (κ3) is 7.56. The molecule has 12 heteroatoms. The number of nitrogens with two attached hydrogens (primary N) is 2. The maximum atomic E-state index is 14.8. The van der Waals surface area contributed by atoms with Crippen molar-refractivity contribution in [3.8, 4) is 0 Å². The number of aromatic nitrogens is 1. The van der Waals surface area contributed by atoms with Crippen molar-refractivity contribution in [2.75, 3.05) is 25.1 Å². The average molecular weight is 558 g/mol. The van der Waals surface area contributed by atoms with Crippen molar-refractivity contribution in [3.05, 3.63) is 95.1 Å². The van der Waals surface area contributed by atoms with E-state index in [4.69, 9.17) is 20.9 Å². The lowest BCUT2D eigenvalue weighted by Gasteiger charge is -2.30. The summed E-state index contributed by atoms with van der Waals surface area (Å²) in [5.41, 5.74) is 12.9. The molecule has 1 aliphatic heterocycles. The van der Waals surface area contributed by atoms with E-state index >= 15 is 0 Å². The number of pyridine rings is 1. The van der Waals surface area contributed by atoms with Gasteiger partial charge in [0, 0.05) is 18.0 Å². The second-order valence-corrected chi connectivity index (χ2v) is 9.47. The Labute approximate surface area is 229 Å². The maximum absolute atomic E-state index is 14.8. The van der Waals surface area contributed by atoms with Gasteiger partial charge in [-0.05, 0) is 48.2 Å². The lowest BCUT2D eigenvalue weighted by Crippen LogP contribution is -2.49. The molecule has 2 amide bonds. The minimum Gasteiger partial charge on any atom is -0.448 e. The lowest BCUT2D eigenvalue weighted by molar-refractivity contribution is -0.117. The lowest BCUT2D eigenvalue weighted by atomic mass is 9.85. The standard InChI is InChI=1S/C28H30F3N5O4/c29-18-5-1-16(2-6-18)25(17-3-7-19(30)8-4-17)26(32)27(37)36-24-13-34-12-23(31)22(24)10-9-21-11-35-20(14-39-21)15-40-28(33)38/h1-8,12-13,20-21,25-26,35H,9-11,14-15,32H2,(H2,33,38)(H,36,37)/t20-,21+,26-/m0/s1. The molecule has 4 rings (SSSR count). The van der Waals surface area contributed by atoms with Gasteiger partial charge in [-0.15, -0.1) is 0 Å². The van der Waals surface area contributed by atoms with E-state index in [2.05, 4.69) is 15.6 Å². The number of nitrogens with zero attached hydrogens (tertiary/aromatic N) is 1. The fraction of sp³-hybridized carbons (Fsp3) is 0.321. The highest BCUT2D eigenvalue weighted by atomic mass is 19.1. The zero-order valence-electron chi connectivity index (χ0n) is 21.5. The summed E-state index contributed by atoms with van der Waals surface area (Å²) in [7, 11) is 0. The highest BCUT2D eigenvalue weighted by Crippen LogP contribution is 2.29. The van der Waals surface area contributed by atoms with E-state index in [0.29, 0.717) is 24.1 Å². The smallest absolute Gasteiger partial charge is 0.404 e. The largest absolute Gasteiger partial charge is 0.448 e. The zero-order valence-corrected chi connectivity index (χ0v) is 21.5. The topological polar surface area (TPSA) is 142 Å². The molecule has 2 heterocycles. The van der Waals surface area contributed by atoms with Crippen LogP contribution >= 0.6 is 0 Å². The highest BCUT2D eigenvalue weighted by Gasteiger charge is 2.29. The summed E-state index contributed by atoms with van der Waals surface area (Å²) in [5.74, 6) is -2.88. The number of carbonyl (C=O) groups is 2. The quantitative estimate of drug-likeness (QED) is 0.300. The van der Waals surface area contributed by atoms with Gasteiger partial charge in [0.25, 0.3) is 0 Å². The molecule has 2 aromatic carbocycles. The predicted octanol–water partition coefficient (Wildman–Crippen LogP) is 2.98. The Bertz CT molecular complexity index is 1260. The van der Waals surface area contributed by atoms with Crippen LogP contribution in [0.4, 0.5) is 23.7 Å². The van der Waals surface area contributed by atoms with Crippen LogP contribution in [0.3, 0.4) is 0 Å². The summed E-state index contributed by atoms with van der Waals surface area (Å²) < 4.78 is 52.6. The number of halogens is 3. The van der Waals surface area contributed by atoms with E-state index in [0.717, 1.165) is 6.20 Å². The zero-order chi connectivity index (χ0) is 28.6. The number of hydrogen-bond acceptors (Lipinski definition) is 7. The fourth-order valence-electron chi connectivity index (χ4n) is 4.59. The van der Waals surface area contributed by atoms with Crippen LogP contribution in [-0.2, 0) is 20.7 Å². The Morgan fingerprint density at radius 3 is 2.23 bits per heavy atom. The number of carbonyl (C=O) groups excluding carboxylic acids is 2. The molecule has 1 aromatic heterocycles. The van der Waals surface area contributed by atoms with E-state index in [1.54, 1.807) is 0 Å². The summed E-state index contributed by atoms with van der Waals surface area (Å²) in [6, 6.07) is 9.65. The van der Waals surface area contributed by atoms with Gasteiger partial charge in [-0.2, -0.15) is 0 Å². The molecular formula is C28H30F3N5O4. The summed E-state index contributed by atoms with van der Waals surface area (Å²) in [4.78, 5) is 28.0. The molecule has 40 heavy (non-hydrogen) atoms. The highest BCUT2D eigenvalue weighted by molar-refractivity contribution is 5.96. The van der Waals surface area contributed by atoms with Crippen LogP contribution in [0.5, 0.6) is 0 Å². The first kappa shape index (κ1) is 29.0. The van der Waals surface area contributed by atoms with Gasteiger partial charge in [0.15, 0.2) is 0 Å². The Morgan fingerprint density at radius 1 is 1.05 bits per heavy atom. The molecule has 9 nitrogen and oxygen atoms in total. The van der Waals surface area contributed by atoms with Gasteiger partial charge in [-0.3, -0.25) is 9.78 Å². The third-order valence-corrected chi connectivity index (χ3v) is 6.69. The minimum absolute atomic E-state index is 0.0777. The van der Waals surface area contributed by atoms with E-state index in [-0.39, 0.29) is 43.0 Å². The molecule has 0 aliphatic carbocycles. The molecule has 0 unspecified atom stereocenters. The normalized spacial score (nSPS) is 17.8. The molecule has 0 radical (unpaired) electrons. The van der Waals surface area contributed by atoms with Gasteiger partial charge in [0.05, 0.1) is 42.9 Å². The number of anilines is 1. The minimum atomic E-state index is -1.18. The summed E-state index contributed by atoms with van der Waals surface area (Å²) in [6.07, 6.45) is 1.94. The SMILES string of the molecule is NC(=O)OC[C@@H]1CO[C@H](CCc2c(F)cncc2NC(=O)[C@@H](N)C(c2ccc(F)cc2)c2ccc(F)cc2)CN1. The van der Waals surface area contributed by atoms with E-state index in [1.807, 2.05) is 0 Å². The van der Waals surface area contributed by atoms with E-state index in [1.165, 1.54) is 54.7 Å². The molecule has 1 aliphatic rings. The van der Waals surface area contributed by atoms with Gasteiger partial charge < -0.3 is 31.6 Å². The van der Waals surface area contributed by atoms with Crippen LogP contribution in [-0.4, -0.2) is 54.9 Å². The van der Waals surface area contributed by atoms with E-state index < -0.39 is 41.4 Å². The maximum Gasteiger partial charge on any atom is 0.404 e. The van der Waals surface area contributed by atoms with Crippen molar-refractivity contribution >= 4 is 17.7 Å². The molecule has 3 atom stereocenters. The van der Waals surface area contributed by atoms with Gasteiger partial charge >= 0.3 is 6.09 Å². The number of morpholine rings is 1. The summed E-state index contributed by atoms with van der Waals surface area (Å²) in [6.45, 7) is 0.806. The van der Waals surface area contributed by atoms with Crippen molar-refractivity contribution in [1.29, 1.82) is 0 Å². The van der Waals surface area contributed by atoms with Crippen molar-refractivity contribution in [2.45, 2.75) is 36.9 Å². The van der Waals surface area contributed by atoms with Crippen LogP contribution in [0.15, 0.2) is 60.9 Å². The van der Waals surface area contributed by atoms with Crippen molar-refractivity contribution < 1.29 is 32.2 Å². The van der Waals surface area contributed by atoms with Crippen LogP contribution in [0.1, 0.15) is 29.0 Å². The van der Waals surface area contributed by atoms with Crippen molar-refractivity contribution in [3.63, 3.8) is 0 Å². The van der Waals surface area contributed by atoms with Crippen LogP contribution in [0.25, 0.3) is 0 Å². The summed E-state index contributed by atoms with van der Waals surface area (Å²) in [5, 5.41) is 5.88. The molecule has 0 saturated carbocycles. The number of rotatable bonds is 10. The number of nitrogens with one attached hydrogen (secondary N) is 2. The van der Waals surface area contributed by atoms with Gasteiger partial charge in [0.2, 0.25) is 5.91 Å². The summed E-state index contributed by atoms with van der Waals surface area (Å²) >= 11 is 0. The van der Waals surface area contributed by atoms with Crippen LogP contribution in [0, 0.1) is 17.5 Å². The predicted molar refractivity (Wildman–Crippen MR) is 141 cm³/mol. The molecule has 212 valence electrons. The van der Waals surface area contributed by atoms with Gasteiger partial charge in [0.1, 0.15) is 24.1 Å². The number of ether oxygens (including phenoxy) is 2. The Balaban J connectivity index is 1.45. The first-order valence-electron chi connectivity index (χ1n) is 12.7. The molecule has 1 saturated heterocycles. The monoisotopic (exact) mass is 557 g/mol. The van der Waals surface area contributed by atoms with E-state index in [9.17, 15) is 22.8 Å². The number of amides is 2. The molecule has 6 N–H and O–H groups in total. The molecule has 1 fully saturated rings. The first-order valence-corrected chi connectivity index (χ1v) is 12.7. The molecular weight excluding hydrogens is 527 g/mol. The van der Waals surface area contributed by atoms with Crippen LogP contribution in [0.2, 0.25) is 0 Å². The number of primary amides is 1. The second kappa shape index (κ2) is 13.4. The van der Waals surface area contributed by atoms with Crippen LogP contribution < -0.4 is 22.1 Å². The average Bonchev–Trinajstić information content (AvgIpc) is 2.94. The Morgan fingerprint density at radius 2 is 1.68 bits per heavy atom. The Kier molecular flexibility index (Phi) is 9.70. The second-order valence-electron chi connectivity index (χ2n) is 9.47. The molecule has 0 spiro atoms. The molecule has 0 bridgehead atoms.